The number of nitrogens with zero attached hydrogens (tertiary/aromatic N) is 1. The summed E-state index contributed by atoms with van der Waals surface area (Å²) in [6.45, 7) is 0. The van der Waals surface area contributed by atoms with Crippen LogP contribution in [0.2, 0.25) is 0 Å². The van der Waals surface area contributed by atoms with E-state index in [4.69, 9.17) is 4.74 Å². The fourth-order valence-electron chi connectivity index (χ4n) is 3.98. The molecule has 1 N–H and O–H groups in total. The molecule has 0 bridgehead atoms. The largest absolute Gasteiger partial charge is 0.497 e. The van der Waals surface area contributed by atoms with Crippen LogP contribution >= 0.6 is 0 Å². The molecule has 0 saturated carbocycles. The van der Waals surface area contributed by atoms with E-state index in [1.807, 2.05) is 60.7 Å². The van der Waals surface area contributed by atoms with Crippen molar-refractivity contribution in [1.29, 1.82) is 0 Å². The third kappa shape index (κ3) is 3.89. The summed E-state index contributed by atoms with van der Waals surface area (Å²) < 4.78 is 5.22. The first-order valence-electron chi connectivity index (χ1n) is 9.88. The van der Waals surface area contributed by atoms with Crippen LogP contribution in [0, 0.1) is 0 Å². The van der Waals surface area contributed by atoms with Gasteiger partial charge in [-0.1, -0.05) is 36.4 Å². The minimum atomic E-state index is -0.342. The van der Waals surface area contributed by atoms with Gasteiger partial charge in [0.05, 0.1) is 13.2 Å². The lowest BCUT2D eigenvalue weighted by molar-refractivity contribution is 0.0992. The zero-order valence-corrected chi connectivity index (χ0v) is 16.8. The molecule has 3 aromatic rings. The lowest BCUT2D eigenvalue weighted by Crippen LogP contribution is -2.29. The maximum Gasteiger partial charge on any atom is 0.258 e. The normalized spacial score (nSPS) is 15.5. The lowest BCUT2D eigenvalue weighted by atomic mass is 9.88. The van der Waals surface area contributed by atoms with Crippen molar-refractivity contribution in [1.82, 2.24) is 0 Å². The van der Waals surface area contributed by atoms with Gasteiger partial charge in [-0.25, -0.2) is 0 Å². The Morgan fingerprint density at radius 2 is 1.79 bits per heavy atom. The summed E-state index contributed by atoms with van der Waals surface area (Å²) in [5, 5.41) is 10.1. The number of benzene rings is 3. The summed E-state index contributed by atoms with van der Waals surface area (Å²) in [4.78, 5) is 14.9. The molecule has 0 spiro atoms. The molecule has 0 fully saturated rings. The van der Waals surface area contributed by atoms with Gasteiger partial charge in [0, 0.05) is 24.7 Å². The number of aliphatic hydroxyl groups is 1. The van der Waals surface area contributed by atoms with Crippen LogP contribution in [-0.2, 0) is 12.8 Å². The lowest BCUT2D eigenvalue weighted by Gasteiger charge is -2.27. The van der Waals surface area contributed by atoms with Crippen LogP contribution in [0.1, 0.15) is 27.9 Å². The molecule has 1 amide bonds. The van der Waals surface area contributed by atoms with Gasteiger partial charge in [-0.15, -0.1) is 0 Å². The van der Waals surface area contributed by atoms with Gasteiger partial charge in [0.2, 0.25) is 0 Å². The van der Waals surface area contributed by atoms with E-state index in [1.54, 1.807) is 19.1 Å². The Balaban J connectivity index is 1.63. The topological polar surface area (TPSA) is 49.8 Å². The van der Waals surface area contributed by atoms with E-state index < -0.39 is 0 Å². The summed E-state index contributed by atoms with van der Waals surface area (Å²) in [6.07, 6.45) is 1.87. The van der Waals surface area contributed by atoms with Crippen molar-refractivity contribution in [2.45, 2.75) is 25.4 Å². The number of carbonyl (C=O) groups is 1. The van der Waals surface area contributed by atoms with E-state index in [0.29, 0.717) is 12.0 Å². The number of anilines is 1. The van der Waals surface area contributed by atoms with Gasteiger partial charge in [0.25, 0.3) is 5.91 Å². The average molecular weight is 387 g/mol. The first-order chi connectivity index (χ1) is 14.1. The number of fused-ring (bicyclic) bond motifs is 1. The Hall–Kier alpha value is -3.11. The molecular formula is C25H25NO3. The van der Waals surface area contributed by atoms with Crippen LogP contribution in [-0.4, -0.2) is 31.3 Å². The fraction of sp³-hybridized carbons (Fsp3) is 0.240. The maximum atomic E-state index is 13.2. The Morgan fingerprint density at radius 3 is 2.55 bits per heavy atom. The summed E-state index contributed by atoms with van der Waals surface area (Å²) >= 11 is 0. The van der Waals surface area contributed by atoms with Crippen LogP contribution in [0.25, 0.3) is 11.1 Å². The Labute approximate surface area is 171 Å². The number of rotatable bonds is 4. The van der Waals surface area contributed by atoms with E-state index in [9.17, 15) is 9.90 Å². The third-order valence-electron chi connectivity index (χ3n) is 5.63. The molecule has 4 nitrogen and oxygen atoms in total. The van der Waals surface area contributed by atoms with Crippen LogP contribution < -0.4 is 9.64 Å². The van der Waals surface area contributed by atoms with Crippen molar-refractivity contribution in [3.63, 3.8) is 0 Å². The predicted octanol–water partition coefficient (Wildman–Crippen LogP) is 4.49. The number of aryl methyl sites for hydroxylation is 1. The molecule has 1 atom stereocenters. The monoisotopic (exact) mass is 387 g/mol. The molecule has 4 heteroatoms. The van der Waals surface area contributed by atoms with Crippen molar-refractivity contribution in [3.8, 4) is 16.9 Å². The predicted molar refractivity (Wildman–Crippen MR) is 116 cm³/mol. The molecule has 3 aromatic carbocycles. The molecule has 0 aromatic heterocycles. The quantitative estimate of drug-likeness (QED) is 0.718. The second-order valence-corrected chi connectivity index (χ2v) is 7.48. The highest BCUT2D eigenvalue weighted by Crippen LogP contribution is 2.31. The highest BCUT2D eigenvalue weighted by Gasteiger charge is 2.23. The summed E-state index contributed by atoms with van der Waals surface area (Å²) in [5.74, 6) is 0.741. The van der Waals surface area contributed by atoms with Gasteiger partial charge in [0.15, 0.2) is 0 Å². The van der Waals surface area contributed by atoms with Crippen LogP contribution in [0.5, 0.6) is 5.75 Å². The molecule has 1 aliphatic rings. The highest BCUT2D eigenvalue weighted by molar-refractivity contribution is 6.06. The minimum absolute atomic E-state index is 0.0613. The van der Waals surface area contributed by atoms with Gasteiger partial charge in [0.1, 0.15) is 5.75 Å². The molecule has 0 heterocycles. The van der Waals surface area contributed by atoms with Crippen LogP contribution in [0.15, 0.2) is 66.7 Å². The van der Waals surface area contributed by atoms with Crippen molar-refractivity contribution in [2.75, 3.05) is 19.1 Å². The van der Waals surface area contributed by atoms with Crippen molar-refractivity contribution in [2.24, 2.45) is 0 Å². The van der Waals surface area contributed by atoms with Gasteiger partial charge < -0.3 is 14.7 Å². The first kappa shape index (κ1) is 19.2. The second-order valence-electron chi connectivity index (χ2n) is 7.48. The SMILES string of the molecule is COc1ccc(-c2cccc(C(=O)N(C)c3cccc4c3CC(O)CC4)c2)cc1. The number of ether oxygens (including phenoxy) is 1. The molecule has 1 unspecified atom stereocenters. The second kappa shape index (κ2) is 8.10. The van der Waals surface area contributed by atoms with Crippen LogP contribution in [0.4, 0.5) is 5.69 Å². The van der Waals surface area contributed by atoms with E-state index in [1.165, 1.54) is 5.56 Å². The molecule has 29 heavy (non-hydrogen) atoms. The van der Waals surface area contributed by atoms with Crippen molar-refractivity contribution in [3.05, 3.63) is 83.4 Å². The smallest absolute Gasteiger partial charge is 0.258 e. The van der Waals surface area contributed by atoms with Gasteiger partial charge in [-0.05, 0) is 65.4 Å². The maximum absolute atomic E-state index is 13.2. The fourth-order valence-corrected chi connectivity index (χ4v) is 3.98. The molecular weight excluding hydrogens is 362 g/mol. The third-order valence-corrected chi connectivity index (χ3v) is 5.63. The Bertz CT molecular complexity index is 1030. The molecule has 0 radical (unpaired) electrons. The first-order valence-corrected chi connectivity index (χ1v) is 9.88. The van der Waals surface area contributed by atoms with Crippen molar-refractivity contribution >= 4 is 11.6 Å². The zero-order chi connectivity index (χ0) is 20.4. The summed E-state index contributed by atoms with van der Waals surface area (Å²) in [5.41, 5.74) is 5.82. The number of aliphatic hydroxyl groups excluding tert-OH is 1. The molecule has 1 aliphatic carbocycles. The number of amides is 1. The van der Waals surface area contributed by atoms with Gasteiger partial charge in [-0.2, -0.15) is 0 Å². The standard InChI is InChI=1S/C25H25NO3/c1-26(24-8-4-5-18-9-12-21(27)16-23(18)24)25(28)20-7-3-6-19(15-20)17-10-13-22(29-2)14-11-17/h3-8,10-11,13-15,21,27H,9,12,16H2,1-2H3. The minimum Gasteiger partial charge on any atom is -0.497 e. The molecule has 148 valence electrons. The number of carbonyl (C=O) groups excluding carboxylic acids is 1. The molecule has 0 aliphatic heterocycles. The number of hydrogen-bond acceptors (Lipinski definition) is 3. The number of methoxy groups -OCH3 is 1. The van der Waals surface area contributed by atoms with Gasteiger partial charge >= 0.3 is 0 Å². The summed E-state index contributed by atoms with van der Waals surface area (Å²) in [7, 11) is 3.45. The number of hydrogen-bond donors (Lipinski definition) is 1. The van der Waals surface area contributed by atoms with E-state index in [0.717, 1.165) is 41.0 Å². The Kier molecular flexibility index (Phi) is 5.36. The highest BCUT2D eigenvalue weighted by atomic mass is 16.5. The van der Waals surface area contributed by atoms with Gasteiger partial charge in [-0.3, -0.25) is 4.79 Å². The van der Waals surface area contributed by atoms with E-state index in [-0.39, 0.29) is 12.0 Å². The zero-order valence-electron chi connectivity index (χ0n) is 16.8. The van der Waals surface area contributed by atoms with Crippen LogP contribution in [0.3, 0.4) is 0 Å². The Morgan fingerprint density at radius 1 is 1.03 bits per heavy atom. The molecule has 4 rings (SSSR count). The van der Waals surface area contributed by atoms with Crippen molar-refractivity contribution < 1.29 is 14.6 Å². The average Bonchev–Trinajstić information content (AvgIpc) is 2.77. The van der Waals surface area contributed by atoms with E-state index in [2.05, 4.69) is 6.07 Å². The summed E-state index contributed by atoms with van der Waals surface area (Å²) in [6, 6.07) is 21.5. The van der Waals surface area contributed by atoms with E-state index >= 15 is 0 Å². The molecule has 0 saturated heterocycles.